The Morgan fingerprint density at radius 1 is 0.769 bits per heavy atom. The minimum Gasteiger partial charge on any atom is -0.103 e. The fraction of sp³-hybridized carbons (Fsp3) is 0.385. The molecule has 0 unspecified atom stereocenters. The predicted molar refractivity (Wildman–Crippen MR) is 61.8 cm³/mol. The maximum atomic E-state index is 3.65. The maximum absolute atomic E-state index is 3.65. The van der Waals surface area contributed by atoms with Crippen LogP contribution >= 0.6 is 0 Å². The highest BCUT2D eigenvalue weighted by molar-refractivity contribution is 4.98. The zero-order valence-corrected chi connectivity index (χ0v) is 8.58. The summed E-state index contributed by atoms with van der Waals surface area (Å²) in [7, 11) is 0. The van der Waals surface area contributed by atoms with Crippen molar-refractivity contribution in [3.05, 3.63) is 49.1 Å². The van der Waals surface area contributed by atoms with Gasteiger partial charge >= 0.3 is 0 Å². The first kappa shape index (κ1) is 12.0. The van der Waals surface area contributed by atoms with Gasteiger partial charge in [-0.15, -0.1) is 6.58 Å². The number of allylic oxidation sites excluding steroid dienone is 7. The van der Waals surface area contributed by atoms with Crippen molar-refractivity contribution in [2.75, 3.05) is 0 Å². The van der Waals surface area contributed by atoms with Crippen molar-refractivity contribution in [1.29, 1.82) is 0 Å². The van der Waals surface area contributed by atoms with Crippen LogP contribution in [0.5, 0.6) is 0 Å². The van der Waals surface area contributed by atoms with Crippen LogP contribution in [-0.4, -0.2) is 0 Å². The molecule has 0 fully saturated rings. The van der Waals surface area contributed by atoms with Crippen molar-refractivity contribution in [2.45, 2.75) is 32.6 Å². The van der Waals surface area contributed by atoms with E-state index in [-0.39, 0.29) is 0 Å². The van der Waals surface area contributed by atoms with Crippen molar-refractivity contribution in [1.82, 2.24) is 0 Å². The smallest absolute Gasteiger partial charge is 0.0169 e. The molecular weight excluding hydrogens is 156 g/mol. The van der Waals surface area contributed by atoms with Crippen molar-refractivity contribution in [3.8, 4) is 0 Å². The lowest BCUT2D eigenvalue weighted by molar-refractivity contribution is 1.19. The summed E-state index contributed by atoms with van der Waals surface area (Å²) in [5.74, 6) is 0. The van der Waals surface area contributed by atoms with Crippen molar-refractivity contribution >= 4 is 0 Å². The highest BCUT2D eigenvalue weighted by Crippen LogP contribution is 1.93. The highest BCUT2D eigenvalue weighted by atomic mass is 13.8. The third-order valence-electron chi connectivity index (χ3n) is 1.58. The molecule has 0 bridgehead atoms. The zero-order valence-electron chi connectivity index (χ0n) is 8.58. The molecule has 0 aromatic heterocycles. The van der Waals surface area contributed by atoms with Gasteiger partial charge in [0.2, 0.25) is 0 Å². The monoisotopic (exact) mass is 176 g/mol. The van der Waals surface area contributed by atoms with Gasteiger partial charge in [-0.3, -0.25) is 0 Å². The largest absolute Gasteiger partial charge is 0.103 e. The minimum absolute atomic E-state index is 0.976. The molecule has 0 radical (unpaired) electrons. The lowest BCUT2D eigenvalue weighted by Crippen LogP contribution is -1.62. The van der Waals surface area contributed by atoms with E-state index < -0.39 is 0 Å². The Bertz CT molecular complexity index is 182. The van der Waals surface area contributed by atoms with Crippen LogP contribution < -0.4 is 0 Å². The lowest BCUT2D eigenvalue weighted by atomic mass is 10.2. The molecule has 0 saturated heterocycles. The molecule has 72 valence electrons. The van der Waals surface area contributed by atoms with Crippen molar-refractivity contribution < 1.29 is 0 Å². The molecule has 0 N–H and O–H groups in total. The minimum atomic E-state index is 0.976. The summed E-state index contributed by atoms with van der Waals surface area (Å²) < 4.78 is 0. The molecule has 0 nitrogen and oxygen atoms in total. The third kappa shape index (κ3) is 11.0. The summed E-state index contributed by atoms with van der Waals surface area (Å²) in [5.41, 5.74) is 0. The predicted octanol–water partition coefficient (Wildman–Crippen LogP) is 4.42. The summed E-state index contributed by atoms with van der Waals surface area (Å²) in [5, 5.41) is 0. The molecular formula is C13H20. The summed E-state index contributed by atoms with van der Waals surface area (Å²) in [6.07, 6.45) is 19.2. The summed E-state index contributed by atoms with van der Waals surface area (Å²) in [6, 6.07) is 0. The van der Waals surface area contributed by atoms with E-state index in [1.807, 2.05) is 6.08 Å². The average Bonchev–Trinajstić information content (AvgIpc) is 2.16. The second-order valence-corrected chi connectivity index (χ2v) is 2.82. The highest BCUT2D eigenvalue weighted by Gasteiger charge is 1.72. The van der Waals surface area contributed by atoms with E-state index >= 15 is 0 Å². The standard InChI is InChI=1S/C13H20/c1-3-5-7-9-11-13-12-10-8-6-4-2/h3,6-9,12-13H,1,4-5,10-11H2,2H3/b8-6+,9-7+,13-12+. The molecule has 0 aliphatic rings. The van der Waals surface area contributed by atoms with Gasteiger partial charge in [-0.1, -0.05) is 49.5 Å². The van der Waals surface area contributed by atoms with Crippen LogP contribution in [0.3, 0.4) is 0 Å². The first-order chi connectivity index (χ1) is 6.41. The second-order valence-electron chi connectivity index (χ2n) is 2.82. The number of hydrogen-bond donors (Lipinski definition) is 0. The van der Waals surface area contributed by atoms with E-state index in [0.29, 0.717) is 0 Å². The van der Waals surface area contributed by atoms with Gasteiger partial charge in [0.15, 0.2) is 0 Å². The molecule has 0 heteroatoms. The van der Waals surface area contributed by atoms with Gasteiger partial charge < -0.3 is 0 Å². The van der Waals surface area contributed by atoms with Crippen molar-refractivity contribution in [3.63, 3.8) is 0 Å². The Balaban J connectivity index is 3.30. The molecule has 0 aliphatic carbocycles. The summed E-state index contributed by atoms with van der Waals surface area (Å²) >= 11 is 0. The van der Waals surface area contributed by atoms with Crippen LogP contribution in [0.1, 0.15) is 32.6 Å². The number of hydrogen-bond acceptors (Lipinski definition) is 0. The second kappa shape index (κ2) is 11.0. The Morgan fingerprint density at radius 3 is 1.69 bits per heavy atom. The van der Waals surface area contributed by atoms with Gasteiger partial charge in [0.1, 0.15) is 0 Å². The van der Waals surface area contributed by atoms with E-state index in [0.717, 1.165) is 25.7 Å². The van der Waals surface area contributed by atoms with Gasteiger partial charge in [0.25, 0.3) is 0 Å². The van der Waals surface area contributed by atoms with Crippen LogP contribution in [0.25, 0.3) is 0 Å². The molecule has 0 amide bonds. The van der Waals surface area contributed by atoms with Crippen LogP contribution in [0.15, 0.2) is 49.1 Å². The molecule has 0 aliphatic heterocycles. The molecule has 0 atom stereocenters. The quantitative estimate of drug-likeness (QED) is 0.504. The molecule has 0 aromatic carbocycles. The molecule has 0 rings (SSSR count). The molecule has 0 spiro atoms. The molecule has 13 heavy (non-hydrogen) atoms. The van der Waals surface area contributed by atoms with Gasteiger partial charge in [0.05, 0.1) is 0 Å². The maximum Gasteiger partial charge on any atom is -0.0169 e. The van der Waals surface area contributed by atoms with Crippen LogP contribution in [0.4, 0.5) is 0 Å². The van der Waals surface area contributed by atoms with Crippen LogP contribution in [0.2, 0.25) is 0 Å². The van der Waals surface area contributed by atoms with E-state index in [1.165, 1.54) is 0 Å². The number of rotatable bonds is 7. The van der Waals surface area contributed by atoms with Gasteiger partial charge in [-0.25, -0.2) is 0 Å². The Kier molecular flexibility index (Phi) is 10.1. The van der Waals surface area contributed by atoms with Crippen LogP contribution in [-0.2, 0) is 0 Å². The van der Waals surface area contributed by atoms with Gasteiger partial charge in [0, 0.05) is 0 Å². The normalized spacial score (nSPS) is 12.1. The third-order valence-corrected chi connectivity index (χ3v) is 1.58. The van der Waals surface area contributed by atoms with Crippen LogP contribution in [0, 0.1) is 0 Å². The first-order valence-corrected chi connectivity index (χ1v) is 4.97. The molecule has 0 saturated carbocycles. The summed E-state index contributed by atoms with van der Waals surface area (Å²) in [4.78, 5) is 0. The van der Waals surface area contributed by atoms with E-state index in [4.69, 9.17) is 0 Å². The molecule has 0 heterocycles. The molecule has 0 aromatic rings. The first-order valence-electron chi connectivity index (χ1n) is 4.97. The Hall–Kier alpha value is -1.04. The SMILES string of the molecule is C=CC/C=C/C/C=C/C/C=C/CC. The van der Waals surface area contributed by atoms with E-state index in [2.05, 4.69) is 50.0 Å². The summed E-state index contributed by atoms with van der Waals surface area (Å²) in [6.45, 7) is 5.80. The fourth-order valence-electron chi connectivity index (χ4n) is 0.901. The lowest BCUT2D eigenvalue weighted by Gasteiger charge is -1.83. The zero-order chi connectivity index (χ0) is 9.78. The average molecular weight is 176 g/mol. The topological polar surface area (TPSA) is 0 Å². The van der Waals surface area contributed by atoms with Crippen molar-refractivity contribution in [2.24, 2.45) is 0 Å². The van der Waals surface area contributed by atoms with E-state index in [1.54, 1.807) is 0 Å². The Morgan fingerprint density at radius 2 is 1.23 bits per heavy atom. The van der Waals surface area contributed by atoms with E-state index in [9.17, 15) is 0 Å². The van der Waals surface area contributed by atoms with Gasteiger partial charge in [-0.05, 0) is 25.7 Å². The Labute approximate surface area is 82.4 Å². The van der Waals surface area contributed by atoms with Gasteiger partial charge in [-0.2, -0.15) is 0 Å². The fourth-order valence-corrected chi connectivity index (χ4v) is 0.901.